The normalized spacial score (nSPS) is 11.7. The van der Waals surface area contributed by atoms with Crippen LogP contribution in [0.2, 0.25) is 0 Å². The zero-order valence-corrected chi connectivity index (χ0v) is 16.2. The minimum absolute atomic E-state index is 0.119. The molecule has 3 nitrogen and oxygen atoms in total. The first-order valence-electron chi connectivity index (χ1n) is 8.96. The molecule has 3 rings (SSSR count). The van der Waals surface area contributed by atoms with Gasteiger partial charge in [0.1, 0.15) is 12.2 Å². The fourth-order valence-electron chi connectivity index (χ4n) is 2.94. The van der Waals surface area contributed by atoms with Crippen LogP contribution >= 0.6 is 0 Å². The van der Waals surface area contributed by atoms with E-state index in [4.69, 9.17) is 9.15 Å². The van der Waals surface area contributed by atoms with Crippen LogP contribution < -0.4 is 0 Å². The Bertz CT molecular complexity index is 924. The lowest BCUT2D eigenvalue weighted by Gasteiger charge is -2.19. The van der Waals surface area contributed by atoms with Crippen molar-refractivity contribution in [2.75, 3.05) is 0 Å². The monoisotopic (exact) mass is 350 g/mol. The molecule has 0 aliphatic rings. The summed E-state index contributed by atoms with van der Waals surface area (Å²) in [5, 5.41) is 0.986. The molecule has 0 saturated heterocycles. The summed E-state index contributed by atoms with van der Waals surface area (Å²) in [5.74, 6) is -0.245. The van der Waals surface area contributed by atoms with Crippen LogP contribution in [0.5, 0.6) is 0 Å². The van der Waals surface area contributed by atoms with Gasteiger partial charge in [0.05, 0.1) is 12.7 Å². The topological polar surface area (TPSA) is 39.4 Å². The van der Waals surface area contributed by atoms with Crippen molar-refractivity contribution in [1.82, 2.24) is 0 Å². The summed E-state index contributed by atoms with van der Waals surface area (Å²) < 4.78 is 11.0. The number of rotatable bonds is 4. The van der Waals surface area contributed by atoms with Crippen molar-refractivity contribution in [3.05, 3.63) is 70.5 Å². The molecule has 1 aromatic heterocycles. The fourth-order valence-corrected chi connectivity index (χ4v) is 2.94. The van der Waals surface area contributed by atoms with E-state index in [0.29, 0.717) is 0 Å². The molecule has 0 amide bonds. The molecule has 0 saturated carbocycles. The Balaban J connectivity index is 1.64. The third-order valence-corrected chi connectivity index (χ3v) is 4.82. The van der Waals surface area contributed by atoms with Crippen molar-refractivity contribution in [3.8, 4) is 0 Å². The zero-order chi connectivity index (χ0) is 18.9. The second kappa shape index (κ2) is 6.99. The molecular formula is C23H26O3. The number of hydrogen-bond donors (Lipinski definition) is 0. The number of aryl methyl sites for hydroxylation is 2. The van der Waals surface area contributed by atoms with Gasteiger partial charge in [0.15, 0.2) is 0 Å². The molecule has 3 aromatic rings. The third-order valence-electron chi connectivity index (χ3n) is 4.82. The van der Waals surface area contributed by atoms with E-state index in [2.05, 4.69) is 52.8 Å². The third kappa shape index (κ3) is 3.98. The molecule has 0 bridgehead atoms. The van der Waals surface area contributed by atoms with Crippen LogP contribution in [0.3, 0.4) is 0 Å². The second-order valence-electron chi connectivity index (χ2n) is 7.98. The maximum atomic E-state index is 12.2. The maximum absolute atomic E-state index is 12.2. The Kier molecular flexibility index (Phi) is 4.90. The van der Waals surface area contributed by atoms with E-state index in [-0.39, 0.29) is 24.4 Å². The predicted octanol–water partition coefficient (Wildman–Crippen LogP) is 5.63. The molecule has 1 heterocycles. The van der Waals surface area contributed by atoms with E-state index in [9.17, 15) is 4.79 Å². The summed E-state index contributed by atoms with van der Waals surface area (Å²) in [6, 6.07) is 12.3. The van der Waals surface area contributed by atoms with Crippen LogP contribution in [0.4, 0.5) is 0 Å². The number of benzene rings is 2. The van der Waals surface area contributed by atoms with Gasteiger partial charge in [-0.05, 0) is 53.6 Å². The molecule has 0 fully saturated rings. The van der Waals surface area contributed by atoms with Gasteiger partial charge in [-0.2, -0.15) is 0 Å². The van der Waals surface area contributed by atoms with Gasteiger partial charge in [-0.3, -0.25) is 4.79 Å². The van der Waals surface area contributed by atoms with Gasteiger partial charge in [0.25, 0.3) is 0 Å². The number of esters is 1. The summed E-state index contributed by atoms with van der Waals surface area (Å²) in [4.78, 5) is 12.2. The number of hydrogen-bond acceptors (Lipinski definition) is 3. The van der Waals surface area contributed by atoms with Crippen LogP contribution in [0.15, 0.2) is 47.1 Å². The molecule has 0 aliphatic heterocycles. The molecule has 0 N–H and O–H groups in total. The van der Waals surface area contributed by atoms with Crippen molar-refractivity contribution in [2.24, 2.45) is 0 Å². The van der Waals surface area contributed by atoms with E-state index in [1.54, 1.807) is 6.26 Å². The molecule has 0 spiro atoms. The Hall–Kier alpha value is -2.55. The van der Waals surface area contributed by atoms with E-state index in [1.807, 2.05) is 18.2 Å². The Morgan fingerprint density at radius 2 is 1.69 bits per heavy atom. The predicted molar refractivity (Wildman–Crippen MR) is 104 cm³/mol. The van der Waals surface area contributed by atoms with E-state index >= 15 is 0 Å². The van der Waals surface area contributed by atoms with Crippen LogP contribution in [0.1, 0.15) is 48.6 Å². The molecule has 0 radical (unpaired) electrons. The molecule has 0 atom stereocenters. The van der Waals surface area contributed by atoms with Crippen molar-refractivity contribution in [3.63, 3.8) is 0 Å². The molecule has 3 heteroatoms. The average Bonchev–Trinajstić information content (AvgIpc) is 2.95. The van der Waals surface area contributed by atoms with Crippen LogP contribution in [-0.2, 0) is 28.0 Å². The lowest BCUT2D eigenvalue weighted by atomic mass is 9.87. The lowest BCUT2D eigenvalue weighted by molar-refractivity contribution is -0.144. The van der Waals surface area contributed by atoms with Crippen LogP contribution in [0.25, 0.3) is 11.0 Å². The smallest absolute Gasteiger partial charge is 0.310 e. The maximum Gasteiger partial charge on any atom is 0.310 e. The first-order valence-corrected chi connectivity index (χ1v) is 8.96. The number of carbonyl (C=O) groups is 1. The minimum Gasteiger partial charge on any atom is -0.464 e. The van der Waals surface area contributed by atoms with Gasteiger partial charge in [0.2, 0.25) is 0 Å². The molecule has 0 unspecified atom stereocenters. The summed E-state index contributed by atoms with van der Waals surface area (Å²) in [5.41, 5.74) is 6.43. The summed E-state index contributed by atoms with van der Waals surface area (Å²) in [6.45, 7) is 10.9. The Labute approximate surface area is 155 Å². The minimum atomic E-state index is -0.245. The lowest BCUT2D eigenvalue weighted by Crippen LogP contribution is -2.11. The number of furan rings is 1. The number of fused-ring (bicyclic) bond motifs is 1. The average molecular weight is 350 g/mol. The van der Waals surface area contributed by atoms with Crippen molar-refractivity contribution in [1.29, 1.82) is 0 Å². The first-order chi connectivity index (χ1) is 12.2. The fraction of sp³-hybridized carbons (Fsp3) is 0.348. The molecule has 2 aromatic carbocycles. The molecular weight excluding hydrogens is 324 g/mol. The van der Waals surface area contributed by atoms with Crippen LogP contribution in [-0.4, -0.2) is 5.97 Å². The number of carbonyl (C=O) groups excluding carboxylic acids is 1. The van der Waals surface area contributed by atoms with Gasteiger partial charge in [-0.15, -0.1) is 0 Å². The van der Waals surface area contributed by atoms with E-state index in [1.165, 1.54) is 16.7 Å². The highest BCUT2D eigenvalue weighted by atomic mass is 16.5. The molecule has 0 aliphatic carbocycles. The SMILES string of the molecule is Cc1cc2occ(CC(=O)OCc3ccc(C(C)(C)C)cc3)c2cc1C. The second-order valence-corrected chi connectivity index (χ2v) is 7.98. The van der Waals surface area contributed by atoms with Gasteiger partial charge in [0, 0.05) is 10.9 Å². The zero-order valence-electron chi connectivity index (χ0n) is 16.2. The summed E-state index contributed by atoms with van der Waals surface area (Å²) in [6.07, 6.45) is 1.87. The van der Waals surface area contributed by atoms with Crippen LogP contribution in [0, 0.1) is 13.8 Å². The summed E-state index contributed by atoms with van der Waals surface area (Å²) >= 11 is 0. The largest absolute Gasteiger partial charge is 0.464 e. The van der Waals surface area contributed by atoms with Crippen molar-refractivity contribution < 1.29 is 13.9 Å². The molecule has 26 heavy (non-hydrogen) atoms. The quantitative estimate of drug-likeness (QED) is 0.572. The highest BCUT2D eigenvalue weighted by molar-refractivity contribution is 5.86. The van der Waals surface area contributed by atoms with Gasteiger partial charge < -0.3 is 9.15 Å². The highest BCUT2D eigenvalue weighted by Gasteiger charge is 2.14. The summed E-state index contributed by atoms with van der Waals surface area (Å²) in [7, 11) is 0. The Morgan fingerprint density at radius 3 is 2.35 bits per heavy atom. The van der Waals surface area contributed by atoms with Gasteiger partial charge in [-0.1, -0.05) is 45.0 Å². The van der Waals surface area contributed by atoms with Gasteiger partial charge >= 0.3 is 5.97 Å². The standard InChI is InChI=1S/C23H26O3/c1-15-10-20-18(14-25-21(20)11-16(15)2)12-22(24)26-13-17-6-8-19(9-7-17)23(3,4)5/h6-11,14H,12-13H2,1-5H3. The molecule has 136 valence electrons. The van der Waals surface area contributed by atoms with E-state index in [0.717, 1.165) is 22.1 Å². The first kappa shape index (κ1) is 18.2. The number of ether oxygens (including phenoxy) is 1. The Morgan fingerprint density at radius 1 is 1.04 bits per heavy atom. The highest BCUT2D eigenvalue weighted by Crippen LogP contribution is 2.26. The van der Waals surface area contributed by atoms with Crippen molar-refractivity contribution >= 4 is 16.9 Å². The van der Waals surface area contributed by atoms with Crippen molar-refractivity contribution in [2.45, 2.75) is 53.1 Å². The van der Waals surface area contributed by atoms with Gasteiger partial charge in [-0.25, -0.2) is 0 Å². The van der Waals surface area contributed by atoms with E-state index < -0.39 is 0 Å².